The van der Waals surface area contributed by atoms with Crippen LogP contribution in [-0.2, 0) is 6.42 Å². The van der Waals surface area contributed by atoms with E-state index in [0.29, 0.717) is 11.6 Å². The zero-order valence-corrected chi connectivity index (χ0v) is 13.4. The van der Waals surface area contributed by atoms with Crippen LogP contribution in [-0.4, -0.2) is 10.5 Å². The number of carbonyl (C=O) groups is 1. The summed E-state index contributed by atoms with van der Waals surface area (Å²) in [6.45, 7) is 8.45. The summed E-state index contributed by atoms with van der Waals surface area (Å²) in [7, 11) is 0. The number of primary amides is 1. The van der Waals surface area contributed by atoms with Crippen LogP contribution in [0.3, 0.4) is 0 Å². The van der Waals surface area contributed by atoms with Crippen molar-refractivity contribution in [2.45, 2.75) is 46.6 Å². The van der Waals surface area contributed by atoms with Gasteiger partial charge in [0.1, 0.15) is 0 Å². The number of carbonyl (C=O) groups excluding carboxylic acids is 1. The lowest BCUT2D eigenvalue weighted by Gasteiger charge is -2.16. The number of amides is 1. The Hall–Kier alpha value is -1.55. The highest BCUT2D eigenvalue weighted by Gasteiger charge is 2.25. The van der Waals surface area contributed by atoms with Gasteiger partial charge in [0.2, 0.25) is 0 Å². The molecule has 2 N–H and O–H groups in total. The molecule has 3 nitrogen and oxygen atoms in total. The first-order valence-corrected chi connectivity index (χ1v) is 7.99. The lowest BCUT2D eigenvalue weighted by Crippen LogP contribution is -2.13. The van der Waals surface area contributed by atoms with E-state index >= 15 is 0 Å². The minimum atomic E-state index is -0.333. The van der Waals surface area contributed by atoms with Gasteiger partial charge >= 0.3 is 0 Å². The third-order valence-corrected chi connectivity index (χ3v) is 4.30. The molecule has 108 valence electrons. The van der Waals surface area contributed by atoms with Crippen LogP contribution in [0, 0.1) is 6.92 Å². The molecule has 0 aliphatic carbocycles. The Kier molecular flexibility index (Phi) is 4.33. The molecule has 0 atom stereocenters. The molecule has 0 saturated heterocycles. The van der Waals surface area contributed by atoms with Crippen LogP contribution in [0.25, 0.3) is 11.1 Å². The van der Waals surface area contributed by atoms with E-state index in [9.17, 15) is 4.79 Å². The Morgan fingerprint density at radius 2 is 2.15 bits per heavy atom. The number of thiophene rings is 1. The average Bonchev–Trinajstić information content (AvgIpc) is 2.95. The van der Waals surface area contributed by atoms with Gasteiger partial charge in [0, 0.05) is 23.0 Å². The highest BCUT2D eigenvalue weighted by Crippen LogP contribution is 2.36. The summed E-state index contributed by atoms with van der Waals surface area (Å²) >= 11 is 1.64. The minimum absolute atomic E-state index is 0.321. The molecular weight excluding hydrogens is 268 g/mol. The van der Waals surface area contributed by atoms with Crippen molar-refractivity contribution >= 4 is 17.2 Å². The lowest BCUT2D eigenvalue weighted by molar-refractivity contribution is 0.1000. The monoisotopic (exact) mass is 290 g/mol. The van der Waals surface area contributed by atoms with Crippen LogP contribution in [0.4, 0.5) is 0 Å². The van der Waals surface area contributed by atoms with Crippen molar-refractivity contribution < 1.29 is 4.79 Å². The molecule has 0 saturated carbocycles. The van der Waals surface area contributed by atoms with Gasteiger partial charge in [-0.1, -0.05) is 13.3 Å². The van der Waals surface area contributed by atoms with Gasteiger partial charge in [0.15, 0.2) is 0 Å². The van der Waals surface area contributed by atoms with Gasteiger partial charge < -0.3 is 10.3 Å². The molecule has 0 spiro atoms. The minimum Gasteiger partial charge on any atom is -0.366 e. The summed E-state index contributed by atoms with van der Waals surface area (Å²) in [5, 5.41) is 4.13. The van der Waals surface area contributed by atoms with Gasteiger partial charge in [-0.2, -0.15) is 11.3 Å². The number of rotatable bonds is 5. The maximum atomic E-state index is 11.9. The quantitative estimate of drug-likeness (QED) is 0.883. The van der Waals surface area contributed by atoms with Crippen molar-refractivity contribution in [2.75, 3.05) is 0 Å². The van der Waals surface area contributed by atoms with Crippen molar-refractivity contribution in [3.05, 3.63) is 33.8 Å². The smallest absolute Gasteiger partial charge is 0.251 e. The van der Waals surface area contributed by atoms with Crippen LogP contribution in [0.15, 0.2) is 16.8 Å². The molecule has 0 aliphatic rings. The van der Waals surface area contributed by atoms with Gasteiger partial charge in [-0.25, -0.2) is 0 Å². The normalized spacial score (nSPS) is 11.2. The van der Waals surface area contributed by atoms with E-state index < -0.39 is 0 Å². The summed E-state index contributed by atoms with van der Waals surface area (Å²) in [6.07, 6.45) is 2.00. The molecule has 1 amide bonds. The number of nitrogens with two attached hydrogens (primary N) is 1. The molecule has 0 aromatic carbocycles. The standard InChI is InChI=1S/C16H22N2OS/c1-5-6-13-15(12-7-8-20-9-12)14(16(17)19)11(4)18(13)10(2)3/h7-10H,5-6H2,1-4H3,(H2,17,19). The first-order valence-electron chi connectivity index (χ1n) is 7.05. The third-order valence-electron chi connectivity index (χ3n) is 3.61. The van der Waals surface area contributed by atoms with Gasteiger partial charge in [-0.05, 0) is 49.6 Å². The third kappa shape index (κ3) is 2.40. The average molecular weight is 290 g/mol. The Morgan fingerprint density at radius 3 is 2.60 bits per heavy atom. The molecule has 0 fully saturated rings. The summed E-state index contributed by atoms with van der Waals surface area (Å²) < 4.78 is 2.26. The van der Waals surface area contributed by atoms with Gasteiger partial charge in [-0.3, -0.25) is 4.79 Å². The number of hydrogen-bond donors (Lipinski definition) is 1. The topological polar surface area (TPSA) is 48.0 Å². The van der Waals surface area contributed by atoms with Crippen LogP contribution < -0.4 is 5.73 Å². The van der Waals surface area contributed by atoms with E-state index in [4.69, 9.17) is 5.73 Å². The molecule has 0 aliphatic heterocycles. The van der Waals surface area contributed by atoms with Crippen molar-refractivity contribution in [2.24, 2.45) is 5.73 Å². The fraction of sp³-hybridized carbons (Fsp3) is 0.438. The molecule has 2 rings (SSSR count). The summed E-state index contributed by atoms with van der Waals surface area (Å²) in [5.74, 6) is -0.333. The van der Waals surface area contributed by atoms with E-state index in [0.717, 1.165) is 29.7 Å². The Labute approximate surface area is 124 Å². The molecule has 2 aromatic rings. The summed E-state index contributed by atoms with van der Waals surface area (Å²) in [6, 6.07) is 2.39. The predicted molar refractivity (Wildman–Crippen MR) is 85.4 cm³/mol. The fourth-order valence-corrected chi connectivity index (χ4v) is 3.62. The van der Waals surface area contributed by atoms with Crippen LogP contribution in [0.1, 0.15) is 55.0 Å². The van der Waals surface area contributed by atoms with Crippen LogP contribution in [0.2, 0.25) is 0 Å². The second-order valence-electron chi connectivity index (χ2n) is 5.37. The number of nitrogens with zero attached hydrogens (tertiary/aromatic N) is 1. The second kappa shape index (κ2) is 5.83. The molecule has 2 aromatic heterocycles. The molecule has 20 heavy (non-hydrogen) atoms. The zero-order chi connectivity index (χ0) is 14.9. The van der Waals surface area contributed by atoms with Crippen LogP contribution >= 0.6 is 11.3 Å². The molecule has 4 heteroatoms. The Morgan fingerprint density at radius 1 is 1.45 bits per heavy atom. The van der Waals surface area contributed by atoms with Crippen molar-refractivity contribution in [1.29, 1.82) is 0 Å². The van der Waals surface area contributed by atoms with Crippen molar-refractivity contribution in [1.82, 2.24) is 4.57 Å². The van der Waals surface area contributed by atoms with Gasteiger partial charge in [0.05, 0.1) is 5.56 Å². The zero-order valence-electron chi connectivity index (χ0n) is 12.6. The highest BCUT2D eigenvalue weighted by molar-refractivity contribution is 7.08. The maximum Gasteiger partial charge on any atom is 0.251 e. The number of aromatic nitrogens is 1. The van der Waals surface area contributed by atoms with E-state index in [2.05, 4.69) is 36.8 Å². The predicted octanol–water partition coefficient (Wildman–Crippen LogP) is 4.16. The summed E-state index contributed by atoms with van der Waals surface area (Å²) in [4.78, 5) is 11.9. The molecule has 0 bridgehead atoms. The van der Waals surface area contributed by atoms with Gasteiger partial charge in [0.25, 0.3) is 5.91 Å². The molecule has 2 heterocycles. The van der Waals surface area contributed by atoms with Crippen LogP contribution in [0.5, 0.6) is 0 Å². The maximum absolute atomic E-state index is 11.9. The fourth-order valence-electron chi connectivity index (χ4n) is 2.97. The van der Waals surface area contributed by atoms with Crippen molar-refractivity contribution in [3.8, 4) is 11.1 Å². The van der Waals surface area contributed by atoms with E-state index in [1.165, 1.54) is 5.69 Å². The first kappa shape index (κ1) is 14.9. The largest absolute Gasteiger partial charge is 0.366 e. The molecule has 0 radical (unpaired) electrons. The first-order chi connectivity index (χ1) is 9.49. The summed E-state index contributed by atoms with van der Waals surface area (Å²) in [5.41, 5.74) is 10.7. The second-order valence-corrected chi connectivity index (χ2v) is 6.15. The Balaban J connectivity index is 2.80. The Bertz CT molecular complexity index is 609. The van der Waals surface area contributed by atoms with Gasteiger partial charge in [-0.15, -0.1) is 0 Å². The van der Waals surface area contributed by atoms with E-state index in [1.807, 2.05) is 12.3 Å². The van der Waals surface area contributed by atoms with E-state index in [1.54, 1.807) is 11.3 Å². The molecular formula is C16H22N2OS. The van der Waals surface area contributed by atoms with Crippen molar-refractivity contribution in [3.63, 3.8) is 0 Å². The van der Waals surface area contributed by atoms with E-state index in [-0.39, 0.29) is 5.91 Å². The SMILES string of the molecule is CCCc1c(-c2ccsc2)c(C(N)=O)c(C)n1C(C)C. The highest BCUT2D eigenvalue weighted by atomic mass is 32.1. The number of hydrogen-bond acceptors (Lipinski definition) is 2. The molecule has 0 unspecified atom stereocenters. The lowest BCUT2D eigenvalue weighted by atomic mass is 10.0.